The molecule has 2 nitrogen and oxygen atoms in total. The Morgan fingerprint density at radius 3 is 1.79 bits per heavy atom. The van der Waals surface area contributed by atoms with Gasteiger partial charge in [0.05, 0.1) is 0 Å². The lowest BCUT2D eigenvalue weighted by molar-refractivity contribution is -0.683. The molecule has 0 aliphatic carbocycles. The average Bonchev–Trinajstić information content (AvgIpc) is 2.86. The van der Waals surface area contributed by atoms with E-state index in [1.54, 1.807) is 0 Å². The first kappa shape index (κ1) is 24.9. The van der Waals surface area contributed by atoms with Crippen LogP contribution >= 0.6 is 0 Å². The zero-order valence-corrected chi connectivity index (χ0v) is 20.3. The average molecular weight is 443 g/mol. The number of aromatic nitrogens is 1. The van der Waals surface area contributed by atoms with Gasteiger partial charge in [-0.3, -0.25) is 4.79 Å². The fourth-order valence-corrected chi connectivity index (χ4v) is 4.32. The highest BCUT2D eigenvalue weighted by Crippen LogP contribution is 2.20. The van der Waals surface area contributed by atoms with Gasteiger partial charge < -0.3 is 0 Å². The fourth-order valence-electron chi connectivity index (χ4n) is 4.32. The smallest absolute Gasteiger partial charge is 0.227 e. The van der Waals surface area contributed by atoms with Crippen molar-refractivity contribution in [2.24, 2.45) is 0 Å². The molecule has 0 fully saturated rings. The first-order valence-corrected chi connectivity index (χ1v) is 12.9. The summed E-state index contributed by atoms with van der Waals surface area (Å²) in [6, 6.07) is 22.6. The lowest BCUT2D eigenvalue weighted by atomic mass is 10.0. The van der Waals surface area contributed by atoms with Crippen LogP contribution < -0.4 is 4.57 Å². The van der Waals surface area contributed by atoms with Crippen LogP contribution in [-0.4, -0.2) is 5.78 Å². The van der Waals surface area contributed by atoms with Gasteiger partial charge in [0.1, 0.15) is 0 Å². The number of ketones is 1. The molecule has 2 aromatic carbocycles. The highest BCUT2D eigenvalue weighted by Gasteiger charge is 2.11. The lowest BCUT2D eigenvalue weighted by Gasteiger charge is -2.05. The molecular formula is C31H40NO+. The van der Waals surface area contributed by atoms with Gasteiger partial charge in [0, 0.05) is 17.7 Å². The van der Waals surface area contributed by atoms with Crippen LogP contribution in [0.3, 0.4) is 0 Å². The number of unbranched alkanes of at least 4 members (excludes halogenated alkanes) is 9. The predicted octanol–water partition coefficient (Wildman–Crippen LogP) is 7.99. The second-order valence-corrected chi connectivity index (χ2v) is 9.18. The molecule has 0 saturated carbocycles. The van der Waals surface area contributed by atoms with E-state index in [-0.39, 0.29) is 5.78 Å². The summed E-state index contributed by atoms with van der Waals surface area (Å²) in [5, 5.41) is 0. The van der Waals surface area contributed by atoms with Crippen molar-refractivity contribution in [3.8, 4) is 11.1 Å². The molecule has 1 aromatic heterocycles. The van der Waals surface area contributed by atoms with Crippen LogP contribution in [0.25, 0.3) is 11.1 Å². The van der Waals surface area contributed by atoms with Crippen molar-refractivity contribution in [3.05, 3.63) is 90.3 Å². The Kier molecular flexibility index (Phi) is 10.9. The number of hydrogen-bond acceptors (Lipinski definition) is 1. The molecule has 0 radical (unpaired) electrons. The van der Waals surface area contributed by atoms with Crippen molar-refractivity contribution < 1.29 is 9.36 Å². The third-order valence-electron chi connectivity index (χ3n) is 6.42. The van der Waals surface area contributed by atoms with E-state index in [0.717, 1.165) is 5.56 Å². The second kappa shape index (κ2) is 14.4. The Bertz CT molecular complexity index is 929. The number of hydrogen-bond donors (Lipinski definition) is 0. The summed E-state index contributed by atoms with van der Waals surface area (Å²) in [7, 11) is 0. The normalized spacial score (nSPS) is 10.9. The molecular weight excluding hydrogens is 402 g/mol. The second-order valence-electron chi connectivity index (χ2n) is 9.18. The maximum absolute atomic E-state index is 12.4. The topological polar surface area (TPSA) is 20.9 Å². The van der Waals surface area contributed by atoms with Crippen molar-refractivity contribution in [1.29, 1.82) is 0 Å². The third-order valence-corrected chi connectivity index (χ3v) is 6.42. The maximum atomic E-state index is 12.4. The number of pyridine rings is 1. The number of nitrogens with zero attached hydrogens (tertiary/aromatic N) is 1. The van der Waals surface area contributed by atoms with Gasteiger partial charge in [-0.05, 0) is 29.5 Å². The number of carbonyl (C=O) groups is 1. The van der Waals surface area contributed by atoms with Crippen LogP contribution in [0.5, 0.6) is 0 Å². The summed E-state index contributed by atoms with van der Waals surface area (Å²) in [4.78, 5) is 12.4. The standard InChI is InChI=1S/C31H40NO/c1-2-3-4-5-6-7-8-9-10-12-15-27-18-20-28(21-19-27)29-22-24-32(25-23-29)26-31(33)30-16-13-11-14-17-30/h11,13-14,16-25H,2-10,12,15,26H2,1H3/q+1. The molecule has 0 saturated heterocycles. The van der Waals surface area contributed by atoms with E-state index in [0.29, 0.717) is 6.54 Å². The first-order valence-electron chi connectivity index (χ1n) is 12.9. The van der Waals surface area contributed by atoms with Crippen molar-refractivity contribution in [2.75, 3.05) is 0 Å². The largest absolute Gasteiger partial charge is 0.287 e. The summed E-state index contributed by atoms with van der Waals surface area (Å²) in [6.45, 7) is 2.64. The van der Waals surface area contributed by atoms with Gasteiger partial charge >= 0.3 is 0 Å². The number of aryl methyl sites for hydroxylation is 1. The SMILES string of the molecule is CCCCCCCCCCCCc1ccc(-c2cc[n+](CC(=O)c3ccccc3)cc2)cc1. The van der Waals surface area contributed by atoms with E-state index in [2.05, 4.69) is 43.3 Å². The Hall–Kier alpha value is -2.74. The van der Waals surface area contributed by atoms with E-state index in [9.17, 15) is 4.79 Å². The first-order chi connectivity index (χ1) is 16.3. The van der Waals surface area contributed by atoms with Crippen LogP contribution in [0.1, 0.15) is 87.1 Å². The van der Waals surface area contributed by atoms with Crippen molar-refractivity contribution in [2.45, 2.75) is 84.1 Å². The van der Waals surface area contributed by atoms with Crippen LogP contribution in [-0.2, 0) is 13.0 Å². The summed E-state index contributed by atoms with van der Waals surface area (Å²) in [5.41, 5.74) is 4.59. The van der Waals surface area contributed by atoms with Crippen LogP contribution in [0.15, 0.2) is 79.1 Å². The van der Waals surface area contributed by atoms with E-state index in [1.807, 2.05) is 47.3 Å². The highest BCUT2D eigenvalue weighted by molar-refractivity contribution is 5.94. The minimum absolute atomic E-state index is 0.129. The molecule has 33 heavy (non-hydrogen) atoms. The van der Waals surface area contributed by atoms with Crippen molar-refractivity contribution >= 4 is 5.78 Å². The van der Waals surface area contributed by atoms with Gasteiger partial charge in [-0.25, -0.2) is 0 Å². The van der Waals surface area contributed by atoms with Gasteiger partial charge in [-0.15, -0.1) is 0 Å². The number of Topliss-reactive ketones (excluding diaryl/α,β-unsaturated/α-hetero) is 1. The molecule has 0 amide bonds. The summed E-state index contributed by atoms with van der Waals surface area (Å²) < 4.78 is 1.94. The summed E-state index contributed by atoms with van der Waals surface area (Å²) >= 11 is 0. The van der Waals surface area contributed by atoms with Gasteiger partial charge in [-0.1, -0.05) is 119 Å². The van der Waals surface area contributed by atoms with E-state index < -0.39 is 0 Å². The molecule has 0 unspecified atom stereocenters. The maximum Gasteiger partial charge on any atom is 0.227 e. The molecule has 2 heteroatoms. The van der Waals surface area contributed by atoms with Gasteiger partial charge in [-0.2, -0.15) is 4.57 Å². The Balaban J connectivity index is 1.37. The quantitative estimate of drug-likeness (QED) is 0.133. The molecule has 0 aliphatic heterocycles. The molecule has 0 atom stereocenters. The molecule has 3 aromatic rings. The zero-order chi connectivity index (χ0) is 23.1. The zero-order valence-electron chi connectivity index (χ0n) is 20.3. The highest BCUT2D eigenvalue weighted by atomic mass is 16.1. The molecule has 174 valence electrons. The van der Waals surface area contributed by atoms with Gasteiger partial charge in [0.25, 0.3) is 0 Å². The number of carbonyl (C=O) groups excluding carboxylic acids is 1. The monoisotopic (exact) mass is 442 g/mol. The van der Waals surface area contributed by atoms with Crippen molar-refractivity contribution in [1.82, 2.24) is 0 Å². The van der Waals surface area contributed by atoms with E-state index in [4.69, 9.17) is 0 Å². The molecule has 0 N–H and O–H groups in total. The van der Waals surface area contributed by atoms with Crippen LogP contribution in [0.4, 0.5) is 0 Å². The van der Waals surface area contributed by atoms with E-state index in [1.165, 1.54) is 87.3 Å². The molecule has 0 spiro atoms. The number of benzene rings is 2. The summed E-state index contributed by atoms with van der Waals surface area (Å²) in [5.74, 6) is 0.129. The minimum atomic E-state index is 0.129. The Labute approximate surface area is 200 Å². The van der Waals surface area contributed by atoms with Crippen molar-refractivity contribution in [3.63, 3.8) is 0 Å². The van der Waals surface area contributed by atoms with Gasteiger partial charge in [0.2, 0.25) is 12.3 Å². The van der Waals surface area contributed by atoms with Gasteiger partial charge in [0.15, 0.2) is 12.4 Å². The van der Waals surface area contributed by atoms with Crippen LogP contribution in [0, 0.1) is 0 Å². The Morgan fingerprint density at radius 2 is 1.18 bits per heavy atom. The molecule has 3 rings (SSSR count). The van der Waals surface area contributed by atoms with E-state index >= 15 is 0 Å². The lowest BCUT2D eigenvalue weighted by Crippen LogP contribution is -2.37. The summed E-state index contributed by atoms with van der Waals surface area (Å²) in [6.07, 6.45) is 19.0. The molecule has 0 aliphatic rings. The molecule has 1 heterocycles. The minimum Gasteiger partial charge on any atom is -0.287 e. The molecule has 0 bridgehead atoms. The predicted molar refractivity (Wildman–Crippen MR) is 138 cm³/mol. The fraction of sp³-hybridized carbons (Fsp3) is 0.419. The van der Waals surface area contributed by atoms with Crippen LogP contribution in [0.2, 0.25) is 0 Å². The third kappa shape index (κ3) is 8.96. The Morgan fingerprint density at radius 1 is 0.636 bits per heavy atom. The number of rotatable bonds is 15.